The van der Waals surface area contributed by atoms with E-state index in [-0.39, 0.29) is 0 Å². The van der Waals surface area contributed by atoms with Crippen LogP contribution in [-0.4, -0.2) is 25.1 Å². The van der Waals surface area contributed by atoms with Crippen molar-refractivity contribution in [2.75, 3.05) is 5.73 Å². The molecule has 0 spiro atoms. The zero-order valence-electron chi connectivity index (χ0n) is 10.3. The van der Waals surface area contributed by atoms with Crippen LogP contribution in [-0.2, 0) is 10.0 Å². The van der Waals surface area contributed by atoms with Crippen LogP contribution in [0.3, 0.4) is 0 Å². The third-order valence-electron chi connectivity index (χ3n) is 3.12. The number of nitro benzene ring substituents is 1. The molecule has 0 aromatic heterocycles. The zero-order chi connectivity index (χ0) is 16.1. The molecule has 11 heteroatoms. The molecule has 0 radical (unpaired) electrons. The maximum Gasteiger partial charge on any atom is 0.407 e. The van der Waals surface area contributed by atoms with Crippen LogP contribution in [0.2, 0.25) is 0 Å². The van der Waals surface area contributed by atoms with Gasteiger partial charge in [0.15, 0.2) is 4.90 Å². The number of nitrogens with two attached hydrogens (primary N) is 1. The van der Waals surface area contributed by atoms with E-state index in [1.807, 2.05) is 0 Å². The lowest BCUT2D eigenvalue weighted by Crippen LogP contribution is -2.47. The van der Waals surface area contributed by atoms with Crippen LogP contribution in [0.25, 0.3) is 0 Å². The Balaban J connectivity index is 2.47. The summed E-state index contributed by atoms with van der Waals surface area (Å²) in [4.78, 5) is 8.95. The average Bonchev–Trinajstić information content (AvgIpc) is 3.07. The highest BCUT2D eigenvalue weighted by Gasteiger charge is 2.65. The second-order valence-electron chi connectivity index (χ2n) is 4.64. The Kier molecular flexibility index (Phi) is 3.37. The largest absolute Gasteiger partial charge is 0.407 e. The highest BCUT2D eigenvalue weighted by Crippen LogP contribution is 2.50. The van der Waals surface area contributed by atoms with Gasteiger partial charge in [-0.05, 0) is 25.0 Å². The summed E-state index contributed by atoms with van der Waals surface area (Å²) in [6.45, 7) is 0. The summed E-state index contributed by atoms with van der Waals surface area (Å²) >= 11 is 0. The number of rotatable bonds is 4. The number of hydrogen-bond acceptors (Lipinski definition) is 5. The molecular formula is C10H10F3N3O4S. The number of nitro groups is 1. The third-order valence-corrected chi connectivity index (χ3v) is 4.69. The summed E-state index contributed by atoms with van der Waals surface area (Å²) in [5.41, 5.74) is 1.39. The molecule has 116 valence electrons. The summed E-state index contributed by atoms with van der Waals surface area (Å²) in [6.07, 6.45) is -5.59. The lowest BCUT2D eigenvalue weighted by molar-refractivity contribution is -0.386. The second kappa shape index (κ2) is 4.56. The van der Waals surface area contributed by atoms with Crippen LogP contribution < -0.4 is 10.5 Å². The minimum atomic E-state index is -4.77. The molecule has 0 saturated heterocycles. The zero-order valence-corrected chi connectivity index (χ0v) is 11.2. The first-order valence-corrected chi connectivity index (χ1v) is 7.12. The van der Waals surface area contributed by atoms with Crippen molar-refractivity contribution in [3.63, 3.8) is 0 Å². The quantitative estimate of drug-likeness (QED) is 0.495. The van der Waals surface area contributed by atoms with Gasteiger partial charge in [0, 0.05) is 0 Å². The van der Waals surface area contributed by atoms with Crippen molar-refractivity contribution in [3.05, 3.63) is 28.3 Å². The van der Waals surface area contributed by atoms with E-state index >= 15 is 0 Å². The summed E-state index contributed by atoms with van der Waals surface area (Å²) in [5, 5.41) is 10.9. The fourth-order valence-corrected chi connectivity index (χ4v) is 3.48. The van der Waals surface area contributed by atoms with E-state index in [4.69, 9.17) is 5.73 Å². The Bertz CT molecular complexity index is 698. The Morgan fingerprint density at radius 3 is 2.33 bits per heavy atom. The molecule has 1 saturated carbocycles. The van der Waals surface area contributed by atoms with Gasteiger partial charge >= 0.3 is 11.9 Å². The first kappa shape index (κ1) is 15.5. The van der Waals surface area contributed by atoms with Gasteiger partial charge in [0.1, 0.15) is 11.2 Å². The molecule has 0 unspecified atom stereocenters. The first-order chi connectivity index (χ1) is 9.50. The van der Waals surface area contributed by atoms with E-state index in [0.29, 0.717) is 0 Å². The predicted molar refractivity (Wildman–Crippen MR) is 65.9 cm³/mol. The van der Waals surface area contributed by atoms with Crippen LogP contribution in [0.15, 0.2) is 23.1 Å². The predicted octanol–water partition coefficient (Wildman–Crippen LogP) is 1.55. The average molecular weight is 325 g/mol. The lowest BCUT2D eigenvalue weighted by atomic mass is 10.3. The molecule has 2 rings (SSSR count). The molecule has 1 aliphatic carbocycles. The summed E-state index contributed by atoms with van der Waals surface area (Å²) in [5.74, 6) is 0. The van der Waals surface area contributed by atoms with Gasteiger partial charge in [-0.1, -0.05) is 6.07 Å². The second-order valence-corrected chi connectivity index (χ2v) is 6.29. The highest BCUT2D eigenvalue weighted by molar-refractivity contribution is 7.89. The van der Waals surface area contributed by atoms with E-state index in [2.05, 4.69) is 0 Å². The van der Waals surface area contributed by atoms with E-state index in [0.717, 1.165) is 18.2 Å². The van der Waals surface area contributed by atoms with Gasteiger partial charge in [0.25, 0.3) is 0 Å². The monoisotopic (exact) mass is 325 g/mol. The molecule has 1 aliphatic rings. The smallest absolute Gasteiger partial charge is 0.393 e. The van der Waals surface area contributed by atoms with Gasteiger partial charge in [-0.2, -0.15) is 17.9 Å². The van der Waals surface area contributed by atoms with Gasteiger partial charge in [-0.25, -0.2) is 8.42 Å². The van der Waals surface area contributed by atoms with Crippen molar-refractivity contribution in [3.8, 4) is 0 Å². The summed E-state index contributed by atoms with van der Waals surface area (Å²) in [6, 6.07) is 3.04. The molecule has 0 bridgehead atoms. The normalized spacial score (nSPS) is 17.5. The number of nitrogens with one attached hydrogen (secondary N) is 1. The Labute approximate surface area is 117 Å². The molecular weight excluding hydrogens is 315 g/mol. The Hall–Kier alpha value is -1.88. The third kappa shape index (κ3) is 2.65. The molecule has 3 N–H and O–H groups in total. The van der Waals surface area contributed by atoms with Crippen molar-refractivity contribution in [1.29, 1.82) is 0 Å². The minimum absolute atomic E-state index is 0.411. The number of nitrogen functional groups attached to an aromatic ring is 1. The number of halogens is 3. The maximum absolute atomic E-state index is 12.8. The molecule has 0 atom stereocenters. The first-order valence-electron chi connectivity index (χ1n) is 5.64. The fourth-order valence-electron chi connectivity index (χ4n) is 1.83. The topological polar surface area (TPSA) is 115 Å². The van der Waals surface area contributed by atoms with Gasteiger partial charge in [0.2, 0.25) is 10.0 Å². The summed E-state index contributed by atoms with van der Waals surface area (Å²) < 4.78 is 64.0. The van der Waals surface area contributed by atoms with E-state index in [1.54, 1.807) is 0 Å². The van der Waals surface area contributed by atoms with Crippen LogP contribution in [0.4, 0.5) is 24.5 Å². The van der Waals surface area contributed by atoms with E-state index < -0.39 is 55.8 Å². The van der Waals surface area contributed by atoms with Crippen LogP contribution in [0.1, 0.15) is 12.8 Å². The van der Waals surface area contributed by atoms with Crippen molar-refractivity contribution >= 4 is 21.4 Å². The molecule has 0 aliphatic heterocycles. The van der Waals surface area contributed by atoms with Gasteiger partial charge in [-0.15, -0.1) is 0 Å². The molecule has 0 amide bonds. The van der Waals surface area contributed by atoms with Crippen molar-refractivity contribution in [2.24, 2.45) is 0 Å². The fraction of sp³-hybridized carbons (Fsp3) is 0.400. The minimum Gasteiger partial charge on any atom is -0.393 e. The number of benzene rings is 1. The number of nitrogens with zero attached hydrogens (tertiary/aromatic N) is 1. The van der Waals surface area contributed by atoms with E-state index in [1.165, 1.54) is 4.72 Å². The standard InChI is InChI=1S/C10H10F3N3O4S/c11-10(12,13)9(4-5-9)15-21(19,20)7-3-1-2-6(14)8(7)16(17)18/h1-3,15H,4-5,14H2. The van der Waals surface area contributed by atoms with Gasteiger partial charge in [-0.3, -0.25) is 10.1 Å². The molecule has 1 aromatic rings. The van der Waals surface area contributed by atoms with Gasteiger partial charge in [0.05, 0.1) is 4.92 Å². The van der Waals surface area contributed by atoms with Crippen molar-refractivity contribution < 1.29 is 26.5 Å². The molecule has 1 fully saturated rings. The summed E-state index contributed by atoms with van der Waals surface area (Å²) in [7, 11) is -4.73. The number of hydrogen-bond donors (Lipinski definition) is 2. The number of anilines is 1. The maximum atomic E-state index is 12.8. The van der Waals surface area contributed by atoms with Crippen LogP contribution in [0.5, 0.6) is 0 Å². The molecule has 21 heavy (non-hydrogen) atoms. The number of para-hydroxylation sites is 1. The number of sulfonamides is 1. The Morgan fingerprint density at radius 2 is 1.90 bits per heavy atom. The number of alkyl halides is 3. The molecule has 1 aromatic carbocycles. The molecule has 7 nitrogen and oxygen atoms in total. The highest BCUT2D eigenvalue weighted by atomic mass is 32.2. The van der Waals surface area contributed by atoms with Crippen molar-refractivity contribution in [1.82, 2.24) is 4.72 Å². The lowest BCUT2D eigenvalue weighted by Gasteiger charge is -2.20. The van der Waals surface area contributed by atoms with Crippen LogP contribution in [0, 0.1) is 10.1 Å². The molecule has 0 heterocycles. The van der Waals surface area contributed by atoms with Gasteiger partial charge < -0.3 is 5.73 Å². The Morgan fingerprint density at radius 1 is 1.33 bits per heavy atom. The van der Waals surface area contributed by atoms with Crippen LogP contribution >= 0.6 is 0 Å². The van der Waals surface area contributed by atoms with E-state index in [9.17, 15) is 31.7 Å². The SMILES string of the molecule is Nc1cccc(S(=O)(=O)NC2(C(F)(F)F)CC2)c1[N+](=O)[O-]. The van der Waals surface area contributed by atoms with Crippen molar-refractivity contribution in [2.45, 2.75) is 29.5 Å².